The fourth-order valence-electron chi connectivity index (χ4n) is 1.65. The summed E-state index contributed by atoms with van der Waals surface area (Å²) in [5.74, 6) is 0.352. The number of hydrogen-bond donors (Lipinski definition) is 2. The third-order valence-corrected chi connectivity index (χ3v) is 2.27. The van der Waals surface area contributed by atoms with Gasteiger partial charge in [-0.05, 0) is 6.92 Å². The molecule has 0 atom stereocenters. The topological polar surface area (TPSA) is 105 Å². The van der Waals surface area contributed by atoms with Crippen LogP contribution in [0.3, 0.4) is 0 Å². The van der Waals surface area contributed by atoms with Gasteiger partial charge in [-0.3, -0.25) is 4.79 Å². The number of amides is 1. The molecule has 2 aromatic rings. The van der Waals surface area contributed by atoms with Crippen molar-refractivity contribution in [3.05, 3.63) is 23.5 Å². The summed E-state index contributed by atoms with van der Waals surface area (Å²) < 4.78 is 3.03. The maximum absolute atomic E-state index is 11.3. The molecule has 0 aromatic carbocycles. The van der Waals surface area contributed by atoms with Crippen LogP contribution in [0.15, 0.2) is 12.3 Å². The van der Waals surface area contributed by atoms with E-state index in [9.17, 15) is 4.79 Å². The van der Waals surface area contributed by atoms with Gasteiger partial charge >= 0.3 is 0 Å². The van der Waals surface area contributed by atoms with Crippen LogP contribution in [0.5, 0.6) is 0 Å². The van der Waals surface area contributed by atoms with Crippen LogP contribution in [0, 0.1) is 6.92 Å². The predicted molar refractivity (Wildman–Crippen MR) is 58.0 cm³/mol. The Morgan fingerprint density at radius 3 is 2.62 bits per heavy atom. The summed E-state index contributed by atoms with van der Waals surface area (Å²) >= 11 is 0. The zero-order chi connectivity index (χ0) is 11.9. The molecule has 0 radical (unpaired) electrons. The first-order chi connectivity index (χ1) is 7.50. The molecule has 0 aliphatic heterocycles. The number of rotatable bonds is 2. The first-order valence-electron chi connectivity index (χ1n) is 4.65. The van der Waals surface area contributed by atoms with Crippen LogP contribution in [0.2, 0.25) is 0 Å². The van der Waals surface area contributed by atoms with Gasteiger partial charge in [0.1, 0.15) is 11.4 Å². The monoisotopic (exact) mass is 220 g/mol. The molecule has 1 amide bonds. The highest BCUT2D eigenvalue weighted by atomic mass is 16.1. The fraction of sp³-hybridized carbons (Fsp3) is 0.222. The van der Waals surface area contributed by atoms with Crippen LogP contribution in [-0.4, -0.2) is 25.5 Å². The van der Waals surface area contributed by atoms with Crippen LogP contribution in [0.4, 0.5) is 5.82 Å². The zero-order valence-corrected chi connectivity index (χ0v) is 9.01. The third kappa shape index (κ3) is 1.42. The van der Waals surface area contributed by atoms with Gasteiger partial charge in [0.15, 0.2) is 5.82 Å². The minimum atomic E-state index is -0.533. The molecular formula is C9H12N6O. The first-order valence-corrected chi connectivity index (χ1v) is 4.65. The Bertz CT molecular complexity index is 552. The number of carbonyl (C=O) groups excluding carboxylic acids is 1. The van der Waals surface area contributed by atoms with E-state index in [4.69, 9.17) is 11.5 Å². The lowest BCUT2D eigenvalue weighted by Gasteiger charge is -2.03. The van der Waals surface area contributed by atoms with Crippen LogP contribution >= 0.6 is 0 Å². The van der Waals surface area contributed by atoms with Gasteiger partial charge in [-0.25, -0.2) is 9.36 Å². The van der Waals surface area contributed by atoms with Crippen molar-refractivity contribution < 1.29 is 4.79 Å². The zero-order valence-electron chi connectivity index (χ0n) is 9.01. The van der Waals surface area contributed by atoms with Crippen LogP contribution in [-0.2, 0) is 7.05 Å². The molecule has 2 aromatic heterocycles. The lowest BCUT2D eigenvalue weighted by Crippen LogP contribution is -2.16. The molecule has 7 nitrogen and oxygen atoms in total. The molecule has 0 aliphatic rings. The molecule has 16 heavy (non-hydrogen) atoms. The number of nitrogens with two attached hydrogens (primary N) is 2. The molecule has 0 saturated carbocycles. The highest BCUT2D eigenvalue weighted by molar-refractivity contribution is 5.97. The molecule has 0 unspecified atom stereocenters. The average molecular weight is 220 g/mol. The van der Waals surface area contributed by atoms with Gasteiger partial charge in [-0.15, -0.1) is 5.10 Å². The number of nitrogens with zero attached hydrogens (tertiary/aromatic N) is 4. The number of aryl methyl sites for hydroxylation is 2. The van der Waals surface area contributed by atoms with E-state index in [1.807, 2.05) is 0 Å². The second kappa shape index (κ2) is 3.37. The predicted octanol–water partition coefficient (Wildman–Crippen LogP) is -0.405. The van der Waals surface area contributed by atoms with Crippen LogP contribution in [0.25, 0.3) is 5.82 Å². The van der Waals surface area contributed by atoms with Gasteiger partial charge in [0.2, 0.25) is 0 Å². The molecule has 0 saturated heterocycles. The maximum atomic E-state index is 11.3. The number of nitrogen functional groups attached to an aromatic ring is 1. The van der Waals surface area contributed by atoms with Crippen molar-refractivity contribution in [3.8, 4) is 5.82 Å². The second-order valence-corrected chi connectivity index (χ2v) is 3.46. The lowest BCUT2D eigenvalue weighted by molar-refractivity contribution is 0.0999. The molecule has 0 aliphatic carbocycles. The van der Waals surface area contributed by atoms with Crippen molar-refractivity contribution in [2.45, 2.75) is 6.92 Å². The second-order valence-electron chi connectivity index (χ2n) is 3.46. The Morgan fingerprint density at radius 2 is 2.12 bits per heavy atom. The summed E-state index contributed by atoms with van der Waals surface area (Å²) in [7, 11) is 1.71. The Kier molecular flexibility index (Phi) is 2.15. The SMILES string of the molecule is Cc1nn(C)c(-n2ccc(N)n2)c1C(N)=O. The summed E-state index contributed by atoms with van der Waals surface area (Å²) in [6, 6.07) is 1.63. The Labute approximate surface area is 91.6 Å². The maximum Gasteiger partial charge on any atom is 0.254 e. The average Bonchev–Trinajstić information content (AvgIpc) is 2.69. The van der Waals surface area contributed by atoms with Crippen molar-refractivity contribution in [2.24, 2.45) is 12.8 Å². The summed E-state index contributed by atoms with van der Waals surface area (Å²) in [5, 5.41) is 8.16. The molecule has 4 N–H and O–H groups in total. The Hall–Kier alpha value is -2.31. The van der Waals surface area contributed by atoms with Gasteiger partial charge < -0.3 is 11.5 Å². The summed E-state index contributed by atoms with van der Waals surface area (Å²) in [5.41, 5.74) is 11.8. The third-order valence-electron chi connectivity index (χ3n) is 2.27. The van der Waals surface area contributed by atoms with E-state index in [1.54, 1.807) is 30.9 Å². The number of aromatic nitrogens is 4. The van der Waals surface area contributed by atoms with Crippen molar-refractivity contribution in [1.29, 1.82) is 0 Å². The molecule has 0 bridgehead atoms. The summed E-state index contributed by atoms with van der Waals surface area (Å²) in [6.07, 6.45) is 1.65. The minimum Gasteiger partial charge on any atom is -0.382 e. The molecule has 2 heterocycles. The Balaban J connectivity index is 2.68. The van der Waals surface area contributed by atoms with Crippen molar-refractivity contribution in [2.75, 3.05) is 5.73 Å². The van der Waals surface area contributed by atoms with E-state index in [1.165, 1.54) is 4.68 Å². The molecule has 0 spiro atoms. The van der Waals surface area contributed by atoms with Gasteiger partial charge in [0.05, 0.1) is 5.69 Å². The van der Waals surface area contributed by atoms with E-state index in [0.717, 1.165) is 0 Å². The number of anilines is 1. The minimum absolute atomic E-state index is 0.352. The quantitative estimate of drug-likeness (QED) is 0.718. The van der Waals surface area contributed by atoms with Crippen molar-refractivity contribution >= 4 is 11.7 Å². The first kappa shape index (κ1) is 10.2. The standard InChI is InChI=1S/C9H12N6O/c1-5-7(8(11)16)9(14(2)12-5)15-4-3-6(10)13-15/h3-4H,1-2H3,(H2,10,13)(H2,11,16). The lowest BCUT2D eigenvalue weighted by atomic mass is 10.2. The summed E-state index contributed by atoms with van der Waals surface area (Å²) in [4.78, 5) is 11.3. The van der Waals surface area contributed by atoms with Crippen LogP contribution in [0.1, 0.15) is 16.1 Å². The molecule has 2 rings (SSSR count). The van der Waals surface area contributed by atoms with Gasteiger partial charge in [-0.2, -0.15) is 5.10 Å². The van der Waals surface area contributed by atoms with E-state index in [-0.39, 0.29) is 0 Å². The largest absolute Gasteiger partial charge is 0.382 e. The van der Waals surface area contributed by atoms with Crippen molar-refractivity contribution in [3.63, 3.8) is 0 Å². The summed E-state index contributed by atoms with van der Waals surface area (Å²) in [6.45, 7) is 1.72. The fourth-order valence-corrected chi connectivity index (χ4v) is 1.65. The van der Waals surface area contributed by atoms with Gasteiger partial charge in [0, 0.05) is 19.3 Å². The van der Waals surface area contributed by atoms with Crippen LogP contribution < -0.4 is 11.5 Å². The number of hydrogen-bond acceptors (Lipinski definition) is 4. The molecular weight excluding hydrogens is 208 g/mol. The number of primary amides is 1. The van der Waals surface area contributed by atoms with E-state index in [2.05, 4.69) is 10.2 Å². The van der Waals surface area contributed by atoms with Gasteiger partial charge in [-0.1, -0.05) is 0 Å². The van der Waals surface area contributed by atoms with E-state index >= 15 is 0 Å². The van der Waals surface area contributed by atoms with Crippen molar-refractivity contribution in [1.82, 2.24) is 19.6 Å². The Morgan fingerprint density at radius 1 is 1.44 bits per heavy atom. The number of carbonyl (C=O) groups is 1. The van der Waals surface area contributed by atoms with E-state index in [0.29, 0.717) is 22.9 Å². The smallest absolute Gasteiger partial charge is 0.254 e. The molecule has 84 valence electrons. The normalized spacial score (nSPS) is 10.6. The molecule has 7 heteroatoms. The van der Waals surface area contributed by atoms with Gasteiger partial charge in [0.25, 0.3) is 5.91 Å². The highest BCUT2D eigenvalue weighted by Crippen LogP contribution is 2.17. The van der Waals surface area contributed by atoms with E-state index < -0.39 is 5.91 Å². The molecule has 0 fully saturated rings. The highest BCUT2D eigenvalue weighted by Gasteiger charge is 2.19.